The lowest BCUT2D eigenvalue weighted by molar-refractivity contribution is -0.122. The molecule has 6 nitrogen and oxygen atoms in total. The van der Waals surface area contributed by atoms with Crippen molar-refractivity contribution < 1.29 is 14.4 Å². The maximum absolute atomic E-state index is 12.0. The Morgan fingerprint density at radius 1 is 1.30 bits per heavy atom. The van der Waals surface area contributed by atoms with Gasteiger partial charge in [-0.15, -0.1) is 0 Å². The molecule has 23 heavy (non-hydrogen) atoms. The molecule has 0 heterocycles. The largest absolute Gasteiger partial charge is 0.355 e. The maximum atomic E-state index is 12.0. The van der Waals surface area contributed by atoms with E-state index in [1.807, 2.05) is 6.92 Å². The molecule has 2 rings (SSSR count). The first-order valence-corrected chi connectivity index (χ1v) is 7.89. The second-order valence-corrected chi connectivity index (χ2v) is 6.11. The lowest BCUT2D eigenvalue weighted by Crippen LogP contribution is -2.29. The summed E-state index contributed by atoms with van der Waals surface area (Å²) in [6, 6.07) is 4.65. The van der Waals surface area contributed by atoms with Crippen LogP contribution < -0.4 is 16.0 Å². The first-order chi connectivity index (χ1) is 10.9. The Balaban J connectivity index is 1.88. The number of hydrogen-bond donors (Lipinski definition) is 3. The highest BCUT2D eigenvalue weighted by atomic mass is 35.5. The molecular weight excluding hydrogens is 318 g/mol. The zero-order chi connectivity index (χ0) is 17.0. The SMILES string of the molecule is CNC(=O)c1ccc(Cl)cc1NC(=O)CCNC(=O)[C@@H]1C[C@H]1C. The van der Waals surface area contributed by atoms with Crippen LogP contribution in [0.2, 0.25) is 5.02 Å². The van der Waals surface area contributed by atoms with Crippen LogP contribution in [0.4, 0.5) is 5.69 Å². The number of carbonyl (C=O) groups is 3. The number of halogens is 1. The molecule has 3 N–H and O–H groups in total. The molecule has 0 aliphatic heterocycles. The van der Waals surface area contributed by atoms with Gasteiger partial charge in [-0.1, -0.05) is 18.5 Å². The summed E-state index contributed by atoms with van der Waals surface area (Å²) in [5, 5.41) is 8.33. The van der Waals surface area contributed by atoms with E-state index in [1.165, 1.54) is 13.1 Å². The summed E-state index contributed by atoms with van der Waals surface area (Å²) in [5.74, 6) is -0.0788. The van der Waals surface area contributed by atoms with E-state index in [4.69, 9.17) is 11.6 Å². The Hall–Kier alpha value is -2.08. The van der Waals surface area contributed by atoms with E-state index < -0.39 is 0 Å². The Morgan fingerprint density at radius 3 is 2.61 bits per heavy atom. The van der Waals surface area contributed by atoms with Gasteiger partial charge in [-0.3, -0.25) is 14.4 Å². The summed E-state index contributed by atoms with van der Waals surface area (Å²) in [6.07, 6.45) is 1.04. The predicted octanol–water partition coefficient (Wildman–Crippen LogP) is 1.80. The first kappa shape index (κ1) is 17.3. The van der Waals surface area contributed by atoms with Gasteiger partial charge in [0.1, 0.15) is 0 Å². The third-order valence-corrected chi connectivity index (χ3v) is 4.06. The number of rotatable bonds is 6. The Morgan fingerprint density at radius 2 is 2.00 bits per heavy atom. The molecule has 7 heteroatoms. The van der Waals surface area contributed by atoms with Gasteiger partial charge in [0.05, 0.1) is 11.3 Å². The summed E-state index contributed by atoms with van der Waals surface area (Å²) in [5.41, 5.74) is 0.685. The van der Waals surface area contributed by atoms with Crippen LogP contribution in [0.1, 0.15) is 30.1 Å². The lowest BCUT2D eigenvalue weighted by Gasteiger charge is -2.11. The minimum atomic E-state index is -0.312. The summed E-state index contributed by atoms with van der Waals surface area (Å²) in [6.45, 7) is 2.29. The zero-order valence-electron chi connectivity index (χ0n) is 13.1. The van der Waals surface area contributed by atoms with Crippen LogP contribution in [0.15, 0.2) is 18.2 Å². The highest BCUT2D eigenvalue weighted by Gasteiger charge is 2.38. The topological polar surface area (TPSA) is 87.3 Å². The van der Waals surface area contributed by atoms with Gasteiger partial charge in [-0.2, -0.15) is 0 Å². The van der Waals surface area contributed by atoms with Crippen molar-refractivity contribution in [1.82, 2.24) is 10.6 Å². The molecule has 0 aromatic heterocycles. The second kappa shape index (κ2) is 7.46. The molecule has 0 saturated heterocycles. The minimum absolute atomic E-state index is 0.000828. The molecule has 1 fully saturated rings. The molecule has 1 aromatic carbocycles. The van der Waals surface area contributed by atoms with Gasteiger partial charge < -0.3 is 16.0 Å². The Bertz CT molecular complexity index is 633. The molecular formula is C16H20ClN3O3. The highest BCUT2D eigenvalue weighted by molar-refractivity contribution is 6.31. The highest BCUT2D eigenvalue weighted by Crippen LogP contribution is 2.37. The number of hydrogen-bond acceptors (Lipinski definition) is 3. The fourth-order valence-electron chi connectivity index (χ4n) is 2.28. The van der Waals surface area contributed by atoms with Gasteiger partial charge in [0.15, 0.2) is 0 Å². The molecule has 0 spiro atoms. The minimum Gasteiger partial charge on any atom is -0.355 e. The third kappa shape index (κ3) is 4.69. The summed E-state index contributed by atoms with van der Waals surface area (Å²) in [7, 11) is 1.51. The van der Waals surface area contributed by atoms with Gasteiger partial charge in [-0.05, 0) is 30.5 Å². The Labute approximate surface area is 140 Å². The normalized spacial score (nSPS) is 18.9. The number of carbonyl (C=O) groups excluding carboxylic acids is 3. The van der Waals surface area contributed by atoms with E-state index in [0.717, 1.165) is 6.42 Å². The molecule has 3 amide bonds. The van der Waals surface area contributed by atoms with Gasteiger partial charge in [0, 0.05) is 31.0 Å². The van der Waals surface area contributed by atoms with Gasteiger partial charge in [0.25, 0.3) is 5.91 Å². The van der Waals surface area contributed by atoms with Crippen LogP contribution in [0.3, 0.4) is 0 Å². The van der Waals surface area contributed by atoms with Crippen LogP contribution in [0.25, 0.3) is 0 Å². The molecule has 2 atom stereocenters. The maximum Gasteiger partial charge on any atom is 0.253 e. The van der Waals surface area contributed by atoms with Crippen molar-refractivity contribution in [3.63, 3.8) is 0 Å². The quantitative estimate of drug-likeness (QED) is 0.739. The van der Waals surface area contributed by atoms with Gasteiger partial charge >= 0.3 is 0 Å². The standard InChI is InChI=1S/C16H20ClN3O3/c1-9-7-12(9)16(23)19-6-5-14(21)20-13-8-10(17)3-4-11(13)15(22)18-2/h3-4,8-9,12H,5-7H2,1-2H3,(H,18,22)(H,19,23)(H,20,21)/t9-,12-/m1/s1. The van der Waals surface area contributed by atoms with Crippen molar-refractivity contribution >= 4 is 35.0 Å². The fraction of sp³-hybridized carbons (Fsp3) is 0.438. The van der Waals surface area contributed by atoms with Crippen molar-refractivity contribution in [2.24, 2.45) is 11.8 Å². The molecule has 0 radical (unpaired) electrons. The van der Waals surface area contributed by atoms with E-state index >= 15 is 0 Å². The van der Waals surface area contributed by atoms with E-state index in [-0.39, 0.29) is 36.6 Å². The van der Waals surface area contributed by atoms with Crippen molar-refractivity contribution in [3.8, 4) is 0 Å². The average molecular weight is 338 g/mol. The van der Waals surface area contributed by atoms with Crippen LogP contribution in [0, 0.1) is 11.8 Å². The van der Waals surface area contributed by atoms with Crippen LogP contribution >= 0.6 is 11.6 Å². The zero-order valence-corrected chi connectivity index (χ0v) is 13.9. The molecule has 0 bridgehead atoms. The van der Waals surface area contributed by atoms with Gasteiger partial charge in [-0.25, -0.2) is 0 Å². The van der Waals surface area contributed by atoms with E-state index in [0.29, 0.717) is 22.2 Å². The Kier molecular flexibility index (Phi) is 5.60. The number of anilines is 1. The first-order valence-electron chi connectivity index (χ1n) is 7.51. The molecule has 1 saturated carbocycles. The van der Waals surface area contributed by atoms with Crippen molar-refractivity contribution in [2.75, 3.05) is 18.9 Å². The second-order valence-electron chi connectivity index (χ2n) is 5.68. The summed E-state index contributed by atoms with van der Waals surface area (Å²) < 4.78 is 0. The van der Waals surface area contributed by atoms with E-state index in [2.05, 4.69) is 16.0 Å². The summed E-state index contributed by atoms with van der Waals surface area (Å²) in [4.78, 5) is 35.4. The monoisotopic (exact) mass is 337 g/mol. The van der Waals surface area contributed by atoms with Crippen molar-refractivity contribution in [1.29, 1.82) is 0 Å². The van der Waals surface area contributed by atoms with Crippen LogP contribution in [-0.4, -0.2) is 31.3 Å². The summed E-state index contributed by atoms with van der Waals surface area (Å²) >= 11 is 5.91. The molecule has 1 aliphatic carbocycles. The molecule has 1 aliphatic rings. The predicted molar refractivity (Wildman–Crippen MR) is 88.4 cm³/mol. The number of benzene rings is 1. The molecule has 0 unspecified atom stereocenters. The van der Waals surface area contributed by atoms with Crippen molar-refractivity contribution in [3.05, 3.63) is 28.8 Å². The lowest BCUT2D eigenvalue weighted by atomic mass is 10.1. The van der Waals surface area contributed by atoms with Crippen LogP contribution in [0.5, 0.6) is 0 Å². The van der Waals surface area contributed by atoms with Gasteiger partial charge in [0.2, 0.25) is 11.8 Å². The average Bonchev–Trinajstić information content (AvgIpc) is 3.23. The molecule has 1 aromatic rings. The van der Waals surface area contributed by atoms with Crippen LogP contribution in [-0.2, 0) is 9.59 Å². The number of amides is 3. The smallest absolute Gasteiger partial charge is 0.253 e. The van der Waals surface area contributed by atoms with E-state index in [9.17, 15) is 14.4 Å². The molecule has 124 valence electrons. The number of nitrogens with one attached hydrogen (secondary N) is 3. The fourth-order valence-corrected chi connectivity index (χ4v) is 2.46. The van der Waals surface area contributed by atoms with E-state index in [1.54, 1.807) is 12.1 Å². The third-order valence-electron chi connectivity index (χ3n) is 3.82. The van der Waals surface area contributed by atoms with Crippen molar-refractivity contribution in [2.45, 2.75) is 19.8 Å².